The van der Waals surface area contributed by atoms with Gasteiger partial charge in [0, 0.05) is 13.1 Å². The molecule has 2 N–H and O–H groups in total. The average Bonchev–Trinajstić information content (AvgIpc) is 3.51. The van der Waals surface area contributed by atoms with E-state index in [0.29, 0.717) is 5.92 Å². The Labute approximate surface area is 302 Å². The third kappa shape index (κ3) is 20.1. The molecule has 1 aliphatic heterocycles. The molecule has 2 aliphatic rings. The van der Waals surface area contributed by atoms with E-state index in [2.05, 4.69) is 33.9 Å². The van der Waals surface area contributed by atoms with Crippen LogP contribution in [0, 0.1) is 29.6 Å². The van der Waals surface area contributed by atoms with Crippen molar-refractivity contribution in [3.05, 3.63) is 36.5 Å². The summed E-state index contributed by atoms with van der Waals surface area (Å²) in [6.45, 7) is 23.1. The van der Waals surface area contributed by atoms with Gasteiger partial charge in [0.15, 0.2) is 0 Å². The molecule has 0 bridgehead atoms. The minimum atomic E-state index is 0.700. The van der Waals surface area contributed by atoms with E-state index < -0.39 is 0 Å². The molecule has 2 heteroatoms. The third-order valence-electron chi connectivity index (χ3n) is 12.4. The fraction of sp³-hybridized carbons (Fsp3) is 0.870. The summed E-state index contributed by atoms with van der Waals surface area (Å²) in [6.07, 6.45) is 41.0. The van der Waals surface area contributed by atoms with Crippen LogP contribution in [-0.4, -0.2) is 18.1 Å². The first-order chi connectivity index (χ1) is 23.4. The number of nitrogens with two attached hydrogens (primary N) is 1. The van der Waals surface area contributed by atoms with Gasteiger partial charge in [-0.15, -0.1) is 0 Å². The Hall–Kier alpha value is -0.860. The quantitative estimate of drug-likeness (QED) is 0.0453. The number of rotatable bonds is 31. The third-order valence-corrected chi connectivity index (χ3v) is 12.4. The smallest absolute Gasteiger partial charge is 0.0134 e. The molecule has 0 aromatic heterocycles. The van der Waals surface area contributed by atoms with Gasteiger partial charge in [-0.25, -0.2) is 5.01 Å². The van der Waals surface area contributed by atoms with Gasteiger partial charge in [0.25, 0.3) is 0 Å². The lowest BCUT2D eigenvalue weighted by Crippen LogP contribution is -2.39. The number of unbranched alkanes of at least 4 members (excludes halogenated alkanes) is 13. The highest BCUT2D eigenvalue weighted by Crippen LogP contribution is 2.40. The molecule has 2 rings (SSSR count). The highest BCUT2D eigenvalue weighted by atomic mass is 15.4. The van der Waals surface area contributed by atoms with Crippen molar-refractivity contribution in [2.24, 2.45) is 35.4 Å². The Kier molecular flexibility index (Phi) is 25.1. The first kappa shape index (κ1) is 43.3. The van der Waals surface area contributed by atoms with E-state index >= 15 is 0 Å². The maximum atomic E-state index is 6.00. The first-order valence-electron chi connectivity index (χ1n) is 21.9. The molecule has 0 amide bonds. The van der Waals surface area contributed by atoms with Gasteiger partial charge in [0.05, 0.1) is 0 Å². The van der Waals surface area contributed by atoms with Gasteiger partial charge in [-0.1, -0.05) is 166 Å². The van der Waals surface area contributed by atoms with Gasteiger partial charge in [-0.05, 0) is 113 Å². The topological polar surface area (TPSA) is 29.3 Å². The maximum Gasteiger partial charge on any atom is 0.0134 e. The average molecular weight is 667 g/mol. The van der Waals surface area contributed by atoms with Crippen LogP contribution in [-0.2, 0) is 0 Å². The second-order valence-corrected chi connectivity index (χ2v) is 17.0. The fourth-order valence-corrected chi connectivity index (χ4v) is 9.19. The largest absolute Gasteiger partial charge is 0.269 e. The maximum absolute atomic E-state index is 6.00. The van der Waals surface area contributed by atoms with Crippen LogP contribution in [0.1, 0.15) is 213 Å². The van der Waals surface area contributed by atoms with Crippen LogP contribution in [0.15, 0.2) is 36.5 Å². The number of hydrazine groups is 1. The summed E-state index contributed by atoms with van der Waals surface area (Å²) < 4.78 is 0. The SMILES string of the molecule is C=C(CCCC(CCCCCCCC)CC(=C)C(CCCCCC)CCCCCCCC)CC1CCC(CC(=C)C2CCN(N)CC2)C1. The molecule has 1 heterocycles. The second kappa shape index (κ2) is 27.8. The lowest BCUT2D eigenvalue weighted by atomic mass is 9.81. The summed E-state index contributed by atoms with van der Waals surface area (Å²) >= 11 is 0. The van der Waals surface area contributed by atoms with E-state index in [-0.39, 0.29) is 0 Å². The van der Waals surface area contributed by atoms with Gasteiger partial charge >= 0.3 is 0 Å². The lowest BCUT2D eigenvalue weighted by molar-refractivity contribution is 0.200. The molecule has 2 fully saturated rings. The molecule has 4 unspecified atom stereocenters. The summed E-state index contributed by atoms with van der Waals surface area (Å²) in [4.78, 5) is 0. The molecule has 4 atom stereocenters. The Bertz CT molecular complexity index is 820. The summed E-state index contributed by atoms with van der Waals surface area (Å²) in [5.74, 6) is 9.99. The normalized spacial score (nSPS) is 20.2. The van der Waals surface area contributed by atoms with Gasteiger partial charge in [0.1, 0.15) is 0 Å². The highest BCUT2D eigenvalue weighted by Gasteiger charge is 2.28. The highest BCUT2D eigenvalue weighted by molar-refractivity contribution is 5.06. The van der Waals surface area contributed by atoms with Crippen LogP contribution in [0.5, 0.6) is 0 Å². The number of allylic oxidation sites excluding steroid dienone is 3. The van der Waals surface area contributed by atoms with Crippen molar-refractivity contribution in [1.29, 1.82) is 0 Å². The van der Waals surface area contributed by atoms with Crippen LogP contribution in [0.25, 0.3) is 0 Å². The summed E-state index contributed by atoms with van der Waals surface area (Å²) in [5, 5.41) is 1.98. The number of nitrogens with zero attached hydrogens (tertiary/aromatic N) is 1. The Morgan fingerprint density at radius 2 is 1.08 bits per heavy atom. The van der Waals surface area contributed by atoms with E-state index in [4.69, 9.17) is 12.4 Å². The number of hydrogen-bond donors (Lipinski definition) is 1. The molecule has 0 spiro atoms. The monoisotopic (exact) mass is 667 g/mol. The fourth-order valence-electron chi connectivity index (χ4n) is 9.19. The van der Waals surface area contributed by atoms with Gasteiger partial charge in [0.2, 0.25) is 0 Å². The Morgan fingerprint density at radius 1 is 0.604 bits per heavy atom. The Balaban J connectivity index is 1.81. The zero-order valence-electron chi connectivity index (χ0n) is 33.2. The van der Waals surface area contributed by atoms with Crippen LogP contribution in [0.2, 0.25) is 0 Å². The van der Waals surface area contributed by atoms with Gasteiger partial charge in [-0.2, -0.15) is 0 Å². The molecule has 0 aromatic rings. The van der Waals surface area contributed by atoms with Crippen molar-refractivity contribution in [1.82, 2.24) is 5.01 Å². The minimum absolute atomic E-state index is 0.700. The van der Waals surface area contributed by atoms with Crippen molar-refractivity contribution in [2.45, 2.75) is 213 Å². The minimum Gasteiger partial charge on any atom is -0.269 e. The molecule has 1 saturated carbocycles. The molecule has 48 heavy (non-hydrogen) atoms. The van der Waals surface area contributed by atoms with Crippen LogP contribution in [0.4, 0.5) is 0 Å². The zero-order chi connectivity index (χ0) is 34.8. The molecule has 280 valence electrons. The van der Waals surface area contributed by atoms with Crippen molar-refractivity contribution in [3.63, 3.8) is 0 Å². The number of hydrogen-bond acceptors (Lipinski definition) is 2. The second-order valence-electron chi connectivity index (χ2n) is 17.0. The van der Waals surface area contributed by atoms with Crippen molar-refractivity contribution < 1.29 is 0 Å². The molecule has 1 saturated heterocycles. The summed E-state index contributed by atoms with van der Waals surface area (Å²) in [5.41, 5.74) is 4.66. The van der Waals surface area contributed by atoms with Crippen molar-refractivity contribution >= 4 is 0 Å². The molecule has 1 aliphatic carbocycles. The van der Waals surface area contributed by atoms with E-state index in [1.54, 1.807) is 5.57 Å². The molecule has 0 radical (unpaired) electrons. The van der Waals surface area contributed by atoms with E-state index in [0.717, 1.165) is 36.8 Å². The van der Waals surface area contributed by atoms with Crippen LogP contribution < -0.4 is 5.84 Å². The van der Waals surface area contributed by atoms with E-state index in [1.165, 1.54) is 204 Å². The Morgan fingerprint density at radius 3 is 1.67 bits per heavy atom. The zero-order valence-corrected chi connectivity index (χ0v) is 33.2. The molecule has 0 aromatic carbocycles. The summed E-state index contributed by atoms with van der Waals surface area (Å²) in [7, 11) is 0. The van der Waals surface area contributed by atoms with Crippen molar-refractivity contribution in [2.75, 3.05) is 13.1 Å². The van der Waals surface area contributed by atoms with Crippen LogP contribution >= 0.6 is 0 Å². The van der Waals surface area contributed by atoms with E-state index in [1.807, 2.05) is 5.01 Å². The molecular formula is C46H86N2. The van der Waals surface area contributed by atoms with Crippen LogP contribution in [0.3, 0.4) is 0 Å². The van der Waals surface area contributed by atoms with Crippen molar-refractivity contribution in [3.8, 4) is 0 Å². The predicted molar refractivity (Wildman–Crippen MR) is 216 cm³/mol. The predicted octanol–water partition coefficient (Wildman–Crippen LogP) is 14.7. The standard InChI is InChI=1S/C46H86N2/c1-7-10-13-16-18-20-25-42(36-40(5)45(27-21-15-12-9-3)28-22-19-17-14-11-8-2)26-23-24-39(4)35-43-29-30-44(38-43)37-41(6)46-31-33-48(47)34-32-46/h42-46H,4-38,47H2,1-3H3. The first-order valence-corrected chi connectivity index (χ1v) is 21.9. The van der Waals surface area contributed by atoms with Gasteiger partial charge in [-0.3, -0.25) is 5.84 Å². The number of piperidine rings is 1. The van der Waals surface area contributed by atoms with E-state index in [9.17, 15) is 0 Å². The molecule has 2 nitrogen and oxygen atoms in total. The van der Waals surface area contributed by atoms with Gasteiger partial charge < -0.3 is 0 Å². The summed E-state index contributed by atoms with van der Waals surface area (Å²) in [6, 6.07) is 0. The molecular weight excluding hydrogens is 581 g/mol. The lowest BCUT2D eigenvalue weighted by Gasteiger charge is -2.30.